The Labute approximate surface area is 416 Å². The van der Waals surface area contributed by atoms with Crippen LogP contribution in [0.4, 0.5) is 0 Å². The number of fused-ring (bicyclic) bond motifs is 15. The van der Waals surface area contributed by atoms with Crippen LogP contribution in [0.5, 0.6) is 0 Å². The van der Waals surface area contributed by atoms with Crippen molar-refractivity contribution in [1.29, 1.82) is 0 Å². The maximum Gasteiger partial charge on any atom is 0.164 e. The highest BCUT2D eigenvalue weighted by Crippen LogP contribution is 2.45. The van der Waals surface area contributed by atoms with Crippen LogP contribution in [0.15, 0.2) is 211 Å². The molecule has 71 heavy (non-hydrogen) atoms. The molecule has 8 heteroatoms. The zero-order valence-corrected chi connectivity index (χ0v) is 40.0. The maximum absolute atomic E-state index is 6.69. The molecule has 6 heterocycles. The molecule has 0 fully saturated rings. The molecular formula is C63H34N4OS3. The van der Waals surface area contributed by atoms with E-state index in [1.54, 1.807) is 22.7 Å². The first kappa shape index (κ1) is 39.3. The lowest BCUT2D eigenvalue weighted by atomic mass is 9.97. The van der Waals surface area contributed by atoms with E-state index in [4.69, 9.17) is 19.4 Å². The number of furan rings is 1. The van der Waals surface area contributed by atoms with E-state index in [0.717, 1.165) is 49.9 Å². The van der Waals surface area contributed by atoms with Gasteiger partial charge in [-0.1, -0.05) is 127 Å². The van der Waals surface area contributed by atoms with E-state index in [1.165, 1.54) is 87.9 Å². The van der Waals surface area contributed by atoms with Crippen molar-refractivity contribution in [3.8, 4) is 51.0 Å². The third kappa shape index (κ3) is 5.93. The zero-order valence-electron chi connectivity index (χ0n) is 37.6. The van der Waals surface area contributed by atoms with E-state index in [0.29, 0.717) is 17.5 Å². The van der Waals surface area contributed by atoms with Gasteiger partial charge in [0, 0.05) is 104 Å². The lowest BCUT2D eigenvalue weighted by Gasteiger charge is -2.10. The van der Waals surface area contributed by atoms with Crippen LogP contribution in [-0.2, 0) is 0 Å². The molecule has 16 rings (SSSR count). The summed E-state index contributed by atoms with van der Waals surface area (Å²) in [5.74, 6) is 1.85. The van der Waals surface area contributed by atoms with Crippen LogP contribution in [0.25, 0.3) is 155 Å². The van der Waals surface area contributed by atoms with E-state index in [9.17, 15) is 0 Å². The lowest BCUT2D eigenvalue weighted by Crippen LogP contribution is -2.00. The fraction of sp³-hybridized carbons (Fsp3) is 0. The van der Waals surface area contributed by atoms with Crippen molar-refractivity contribution in [3.05, 3.63) is 206 Å². The van der Waals surface area contributed by atoms with Gasteiger partial charge in [-0.3, -0.25) is 0 Å². The molecule has 10 aromatic carbocycles. The average molecular weight is 959 g/mol. The van der Waals surface area contributed by atoms with Crippen molar-refractivity contribution in [3.63, 3.8) is 0 Å². The molecule has 0 radical (unpaired) electrons. The zero-order chi connectivity index (χ0) is 46.3. The van der Waals surface area contributed by atoms with Crippen molar-refractivity contribution < 1.29 is 4.42 Å². The minimum absolute atomic E-state index is 0.597. The van der Waals surface area contributed by atoms with Crippen molar-refractivity contribution in [2.75, 3.05) is 0 Å². The Morgan fingerprint density at radius 3 is 1.54 bits per heavy atom. The summed E-state index contributed by atoms with van der Waals surface area (Å²) in [5.41, 5.74) is 10.2. The number of rotatable bonds is 5. The van der Waals surface area contributed by atoms with Gasteiger partial charge in [-0.2, -0.15) is 0 Å². The molecule has 0 saturated heterocycles. The molecule has 0 atom stereocenters. The third-order valence-corrected chi connectivity index (χ3v) is 17.7. The predicted molar refractivity (Wildman–Crippen MR) is 302 cm³/mol. The fourth-order valence-corrected chi connectivity index (χ4v) is 14.5. The number of benzene rings is 10. The van der Waals surface area contributed by atoms with Gasteiger partial charge >= 0.3 is 0 Å². The summed E-state index contributed by atoms with van der Waals surface area (Å²) in [6.07, 6.45) is 0. The summed E-state index contributed by atoms with van der Waals surface area (Å²) >= 11 is 5.44. The first-order valence-corrected chi connectivity index (χ1v) is 26.1. The van der Waals surface area contributed by atoms with Gasteiger partial charge in [0.1, 0.15) is 11.2 Å². The quantitative estimate of drug-likeness (QED) is 0.172. The van der Waals surface area contributed by atoms with Crippen LogP contribution in [0.1, 0.15) is 0 Å². The minimum Gasteiger partial charge on any atom is -0.456 e. The molecule has 6 aromatic heterocycles. The Bertz CT molecular complexity index is 4730. The van der Waals surface area contributed by atoms with E-state index < -0.39 is 0 Å². The summed E-state index contributed by atoms with van der Waals surface area (Å²) in [5, 5.41) is 12.0. The summed E-state index contributed by atoms with van der Waals surface area (Å²) < 4.78 is 16.5. The van der Waals surface area contributed by atoms with Gasteiger partial charge in [0.15, 0.2) is 17.5 Å². The number of hydrogen-bond acceptors (Lipinski definition) is 7. The molecule has 0 aliphatic carbocycles. The second kappa shape index (κ2) is 15.0. The molecule has 16 aromatic rings. The van der Waals surface area contributed by atoms with Crippen molar-refractivity contribution in [1.82, 2.24) is 19.5 Å². The van der Waals surface area contributed by atoms with Gasteiger partial charge in [0.25, 0.3) is 0 Å². The normalized spacial score (nSPS) is 12.2. The second-order valence-electron chi connectivity index (χ2n) is 18.2. The Balaban J connectivity index is 0.885. The van der Waals surface area contributed by atoms with Crippen molar-refractivity contribution in [2.24, 2.45) is 0 Å². The Kier molecular flexibility index (Phi) is 8.30. The lowest BCUT2D eigenvalue weighted by molar-refractivity contribution is 0.669. The highest BCUT2D eigenvalue weighted by atomic mass is 32.1. The largest absolute Gasteiger partial charge is 0.456 e. The first-order valence-electron chi connectivity index (χ1n) is 23.6. The predicted octanol–water partition coefficient (Wildman–Crippen LogP) is 18.6. The highest BCUT2D eigenvalue weighted by molar-refractivity contribution is 7.26. The summed E-state index contributed by atoms with van der Waals surface area (Å²) in [6.45, 7) is 0. The van der Waals surface area contributed by atoms with Gasteiger partial charge in [-0.15, -0.1) is 34.0 Å². The van der Waals surface area contributed by atoms with Crippen LogP contribution in [0.2, 0.25) is 0 Å². The van der Waals surface area contributed by atoms with Gasteiger partial charge < -0.3 is 8.98 Å². The van der Waals surface area contributed by atoms with Crippen LogP contribution in [0, 0.1) is 0 Å². The van der Waals surface area contributed by atoms with Gasteiger partial charge in [-0.25, -0.2) is 15.0 Å². The smallest absolute Gasteiger partial charge is 0.164 e. The number of aromatic nitrogens is 4. The first-order chi connectivity index (χ1) is 35.1. The maximum atomic E-state index is 6.69. The summed E-state index contributed by atoms with van der Waals surface area (Å²) in [4.78, 5) is 16.0. The van der Waals surface area contributed by atoms with Gasteiger partial charge in [0.2, 0.25) is 0 Å². The number of para-hydroxylation sites is 2. The van der Waals surface area contributed by atoms with Crippen LogP contribution < -0.4 is 0 Å². The molecule has 0 N–H and O–H groups in total. The number of hydrogen-bond donors (Lipinski definition) is 0. The monoisotopic (exact) mass is 958 g/mol. The molecular weight excluding hydrogens is 925 g/mol. The van der Waals surface area contributed by atoms with Gasteiger partial charge in [-0.05, 0) is 90.0 Å². The topological polar surface area (TPSA) is 56.7 Å². The van der Waals surface area contributed by atoms with Crippen LogP contribution >= 0.6 is 34.0 Å². The van der Waals surface area contributed by atoms with E-state index >= 15 is 0 Å². The molecule has 0 bridgehead atoms. The third-order valence-electron chi connectivity index (χ3n) is 14.3. The average Bonchev–Trinajstić information content (AvgIpc) is 4.25. The molecule has 0 amide bonds. The van der Waals surface area contributed by atoms with E-state index in [1.807, 2.05) is 17.4 Å². The fourth-order valence-electron chi connectivity index (χ4n) is 11.1. The molecule has 0 aliphatic rings. The number of nitrogens with zero attached hydrogens (tertiary/aromatic N) is 4. The standard InChI is InChI=1S/C63H34N4OS3/c1-5-17-49-40(11-1)41-12-2-6-18-50(41)67(49)38-26-30-55-48(34-38)60-39(15-10-22-56(60)69-55)35-25-29-51-47(31-35)59-46(16-9-19-52(59)68-51)63-65-61(36-23-27-44-42-13-3-7-20-53(42)70-57(44)32-36)64-62(66-63)37-24-28-45-43-14-4-8-21-54(43)71-58(45)33-37/h1-34H. The molecule has 0 saturated carbocycles. The van der Waals surface area contributed by atoms with Crippen LogP contribution in [0.3, 0.4) is 0 Å². The van der Waals surface area contributed by atoms with Gasteiger partial charge in [0.05, 0.1) is 11.0 Å². The van der Waals surface area contributed by atoms with Crippen molar-refractivity contribution in [2.45, 2.75) is 0 Å². The minimum atomic E-state index is 0.597. The highest BCUT2D eigenvalue weighted by Gasteiger charge is 2.21. The Morgan fingerprint density at radius 2 is 0.845 bits per heavy atom. The van der Waals surface area contributed by atoms with E-state index in [-0.39, 0.29) is 0 Å². The number of thiophene rings is 3. The van der Waals surface area contributed by atoms with Crippen molar-refractivity contribution >= 4 is 138 Å². The second-order valence-corrected chi connectivity index (χ2v) is 21.5. The molecule has 5 nitrogen and oxygen atoms in total. The summed E-state index contributed by atoms with van der Waals surface area (Å²) in [6, 6.07) is 74.3. The molecule has 0 unspecified atom stereocenters. The van der Waals surface area contributed by atoms with Crippen LogP contribution in [-0.4, -0.2) is 19.5 Å². The molecule has 0 spiro atoms. The summed E-state index contributed by atoms with van der Waals surface area (Å²) in [7, 11) is 0. The molecule has 330 valence electrons. The Hall–Kier alpha value is -8.53. The van der Waals surface area contributed by atoms with E-state index in [2.05, 4.69) is 205 Å². The Morgan fingerprint density at radius 1 is 0.310 bits per heavy atom. The SMILES string of the molecule is c1cc(-c2nc(-c3ccc4c(c3)sc3ccccc34)nc(-c3ccc4c(c3)sc3ccccc34)n2)c2c(c1)oc1ccc(-c3cccc4sc5ccc(-n6c7ccccc7c7ccccc76)cc5c34)cc12. The molecule has 0 aliphatic heterocycles.